The maximum Gasteiger partial charge on any atom is 0.302 e. The van der Waals surface area contributed by atoms with Gasteiger partial charge in [-0.05, 0) is 12.1 Å². The summed E-state index contributed by atoms with van der Waals surface area (Å²) in [6.45, 7) is -0.0201. The molecule has 0 saturated heterocycles. The van der Waals surface area contributed by atoms with Crippen LogP contribution in [0.2, 0.25) is 0 Å². The summed E-state index contributed by atoms with van der Waals surface area (Å²) in [4.78, 5) is 10.6. The molecule has 0 aromatic heterocycles. The van der Waals surface area contributed by atoms with Crippen LogP contribution >= 0.6 is 0 Å². The van der Waals surface area contributed by atoms with Gasteiger partial charge in [0, 0.05) is 5.56 Å². The van der Waals surface area contributed by atoms with Crippen LogP contribution in [-0.4, -0.2) is 18.4 Å². The fraction of sp³-hybridized carbons (Fsp3) is 0.111. The number of amides is 1. The van der Waals surface area contributed by atoms with Crippen LogP contribution < -0.4 is 5.43 Å². The molecule has 0 N–H and O–H groups in total. The number of nitrogens with zero attached hydrogens (tertiary/aromatic N) is 2. The fourth-order valence-electron chi connectivity index (χ4n) is 1.01. The molecule has 65 valence electrons. The van der Waals surface area contributed by atoms with Crippen LogP contribution in [0.5, 0.6) is 0 Å². The predicted molar refractivity (Wildman–Crippen MR) is 46.1 cm³/mol. The standard InChI is InChI=1S/C9H7N2O2/c12-8-6-13-9(11-10-8)7-4-2-1-3-5-7/h1-5H,6H2. The molecule has 1 aliphatic heterocycles. The molecule has 0 bridgehead atoms. The lowest BCUT2D eigenvalue weighted by Crippen LogP contribution is -2.27. The van der Waals surface area contributed by atoms with Crippen LogP contribution in [0, 0.1) is 0 Å². The molecule has 1 amide bonds. The van der Waals surface area contributed by atoms with Crippen molar-refractivity contribution in [3.63, 3.8) is 0 Å². The van der Waals surface area contributed by atoms with Crippen molar-refractivity contribution < 1.29 is 9.53 Å². The monoisotopic (exact) mass is 175 g/mol. The first-order valence-corrected chi connectivity index (χ1v) is 3.86. The number of hydrogen-bond donors (Lipinski definition) is 0. The van der Waals surface area contributed by atoms with Crippen LogP contribution in [0.25, 0.3) is 0 Å². The van der Waals surface area contributed by atoms with E-state index in [9.17, 15) is 4.79 Å². The van der Waals surface area contributed by atoms with Crippen molar-refractivity contribution >= 4 is 11.8 Å². The Bertz CT molecular complexity index is 346. The van der Waals surface area contributed by atoms with Gasteiger partial charge < -0.3 is 4.74 Å². The number of benzene rings is 1. The summed E-state index contributed by atoms with van der Waals surface area (Å²) in [7, 11) is 0. The molecule has 1 aromatic rings. The summed E-state index contributed by atoms with van der Waals surface area (Å²) in [5.74, 6) is 0.0554. The highest BCUT2D eigenvalue weighted by Gasteiger charge is 2.14. The molecule has 0 spiro atoms. The van der Waals surface area contributed by atoms with Crippen LogP contribution in [0.15, 0.2) is 35.4 Å². The molecule has 0 saturated carbocycles. The SMILES string of the molecule is O=C1COC(c2ccccc2)=N[N]1. The third-order valence-corrected chi connectivity index (χ3v) is 1.61. The van der Waals surface area contributed by atoms with Crippen molar-refractivity contribution in [1.82, 2.24) is 5.43 Å². The molecule has 0 unspecified atom stereocenters. The van der Waals surface area contributed by atoms with Gasteiger partial charge in [0.2, 0.25) is 5.90 Å². The minimum absolute atomic E-state index is 0.0201. The summed E-state index contributed by atoms with van der Waals surface area (Å²) in [5.41, 5.74) is 4.24. The van der Waals surface area contributed by atoms with E-state index in [1.165, 1.54) is 0 Å². The Labute approximate surface area is 75.2 Å². The number of carbonyl (C=O) groups excluding carboxylic acids is 1. The molecule has 4 nitrogen and oxygen atoms in total. The van der Waals surface area contributed by atoms with E-state index in [2.05, 4.69) is 10.5 Å². The predicted octanol–water partition coefficient (Wildman–Crippen LogP) is 0.509. The van der Waals surface area contributed by atoms with Crippen molar-refractivity contribution in [2.24, 2.45) is 5.10 Å². The van der Waals surface area contributed by atoms with Gasteiger partial charge in [-0.15, -0.1) is 10.5 Å². The zero-order valence-electron chi connectivity index (χ0n) is 6.80. The van der Waals surface area contributed by atoms with Gasteiger partial charge in [-0.25, -0.2) is 0 Å². The Hall–Kier alpha value is -1.84. The van der Waals surface area contributed by atoms with Gasteiger partial charge in [-0.2, -0.15) is 0 Å². The Kier molecular flexibility index (Phi) is 1.96. The van der Waals surface area contributed by atoms with E-state index in [1.54, 1.807) is 0 Å². The van der Waals surface area contributed by atoms with Crippen LogP contribution in [0.1, 0.15) is 5.56 Å². The van der Waals surface area contributed by atoms with E-state index in [-0.39, 0.29) is 12.5 Å². The van der Waals surface area contributed by atoms with E-state index in [0.29, 0.717) is 5.90 Å². The zero-order chi connectivity index (χ0) is 9.10. The third kappa shape index (κ3) is 1.66. The summed E-state index contributed by atoms with van der Waals surface area (Å²) in [6, 6.07) is 9.35. The zero-order valence-corrected chi connectivity index (χ0v) is 6.80. The first-order chi connectivity index (χ1) is 6.36. The van der Waals surface area contributed by atoms with Gasteiger partial charge in [0.25, 0.3) is 0 Å². The highest BCUT2D eigenvalue weighted by Crippen LogP contribution is 2.04. The molecular weight excluding hydrogens is 168 g/mol. The Morgan fingerprint density at radius 3 is 2.62 bits per heavy atom. The van der Waals surface area contributed by atoms with Crippen molar-refractivity contribution in [2.75, 3.05) is 6.61 Å². The molecule has 4 heteroatoms. The Balaban J connectivity index is 2.23. The number of ether oxygens (including phenoxy) is 1. The molecule has 1 radical (unpaired) electrons. The number of hydrogen-bond acceptors (Lipinski definition) is 3. The average Bonchev–Trinajstić information content (AvgIpc) is 2.20. The van der Waals surface area contributed by atoms with Gasteiger partial charge in [-0.1, -0.05) is 18.2 Å². The lowest BCUT2D eigenvalue weighted by Gasteiger charge is -2.11. The third-order valence-electron chi connectivity index (χ3n) is 1.61. The minimum atomic E-state index is -0.348. The molecular formula is C9H7N2O2. The lowest BCUT2D eigenvalue weighted by atomic mass is 10.2. The largest absolute Gasteiger partial charge is 0.466 e. The molecule has 1 aromatic carbocycles. The van der Waals surface area contributed by atoms with Gasteiger partial charge in [-0.3, -0.25) is 4.79 Å². The Morgan fingerprint density at radius 2 is 2.00 bits per heavy atom. The summed E-state index contributed by atoms with van der Waals surface area (Å²) in [6.07, 6.45) is 0. The van der Waals surface area contributed by atoms with Crippen LogP contribution in [0.4, 0.5) is 0 Å². The van der Waals surface area contributed by atoms with Crippen molar-refractivity contribution in [2.45, 2.75) is 0 Å². The van der Waals surface area contributed by atoms with E-state index in [0.717, 1.165) is 5.56 Å². The second kappa shape index (κ2) is 3.26. The molecule has 1 aliphatic rings. The molecule has 0 aliphatic carbocycles. The summed E-state index contributed by atoms with van der Waals surface area (Å²) >= 11 is 0. The number of rotatable bonds is 1. The number of carbonyl (C=O) groups is 1. The van der Waals surface area contributed by atoms with Crippen molar-refractivity contribution in [3.05, 3.63) is 35.9 Å². The normalized spacial score (nSPS) is 15.7. The van der Waals surface area contributed by atoms with E-state index in [4.69, 9.17) is 4.74 Å². The van der Waals surface area contributed by atoms with Gasteiger partial charge in [0.05, 0.1) is 0 Å². The van der Waals surface area contributed by atoms with Crippen molar-refractivity contribution in [3.8, 4) is 0 Å². The smallest absolute Gasteiger partial charge is 0.302 e. The molecule has 2 rings (SSSR count). The topological polar surface area (TPSA) is 52.8 Å². The lowest BCUT2D eigenvalue weighted by molar-refractivity contribution is -0.124. The van der Waals surface area contributed by atoms with E-state index < -0.39 is 0 Å². The quantitative estimate of drug-likeness (QED) is 0.624. The van der Waals surface area contributed by atoms with Crippen LogP contribution in [-0.2, 0) is 9.53 Å². The summed E-state index contributed by atoms with van der Waals surface area (Å²) < 4.78 is 5.08. The average molecular weight is 175 g/mol. The molecule has 0 fully saturated rings. The maximum absolute atomic E-state index is 10.6. The highest BCUT2D eigenvalue weighted by molar-refractivity contribution is 5.97. The van der Waals surface area contributed by atoms with Gasteiger partial charge >= 0.3 is 5.91 Å². The minimum Gasteiger partial charge on any atom is -0.466 e. The maximum atomic E-state index is 10.6. The molecule has 1 heterocycles. The first-order valence-electron chi connectivity index (χ1n) is 3.86. The van der Waals surface area contributed by atoms with Gasteiger partial charge in [0.1, 0.15) is 0 Å². The second-order valence-electron chi connectivity index (χ2n) is 2.55. The second-order valence-corrected chi connectivity index (χ2v) is 2.55. The van der Waals surface area contributed by atoms with Gasteiger partial charge in [0.15, 0.2) is 6.61 Å². The van der Waals surface area contributed by atoms with E-state index in [1.807, 2.05) is 30.3 Å². The molecule has 0 atom stereocenters. The molecule has 13 heavy (non-hydrogen) atoms. The summed E-state index contributed by atoms with van der Waals surface area (Å²) in [5, 5.41) is 3.65. The first kappa shape index (κ1) is 7.79. The highest BCUT2D eigenvalue weighted by atomic mass is 16.5. The van der Waals surface area contributed by atoms with Crippen LogP contribution in [0.3, 0.4) is 0 Å². The fourth-order valence-corrected chi connectivity index (χ4v) is 1.01. The Morgan fingerprint density at radius 1 is 1.23 bits per heavy atom. The van der Waals surface area contributed by atoms with Crippen molar-refractivity contribution in [1.29, 1.82) is 0 Å². The van der Waals surface area contributed by atoms with E-state index >= 15 is 0 Å².